The van der Waals surface area contributed by atoms with Crippen LogP contribution in [0.2, 0.25) is 0 Å². The number of rotatable bonds is 9. The van der Waals surface area contributed by atoms with Crippen LogP contribution in [-0.2, 0) is 34.0 Å². The van der Waals surface area contributed by atoms with Crippen LogP contribution in [0.4, 0.5) is 0 Å². The molecule has 2 aromatic heterocycles. The first-order valence-electron chi connectivity index (χ1n) is 11.7. The maximum atomic E-state index is 13.1. The van der Waals surface area contributed by atoms with Crippen LogP contribution < -0.4 is 4.74 Å². The number of hydrogen-bond donors (Lipinski definition) is 0. The number of ether oxygens (including phenoxy) is 2. The summed E-state index contributed by atoms with van der Waals surface area (Å²) in [6, 6.07) is 15.2. The van der Waals surface area contributed by atoms with Crippen molar-refractivity contribution < 1.29 is 19.1 Å². The summed E-state index contributed by atoms with van der Waals surface area (Å²) in [5.74, 6) is 0.541. The van der Waals surface area contributed by atoms with E-state index in [0.29, 0.717) is 32.8 Å². The Bertz CT molecular complexity index is 1130. The third-order valence-corrected chi connectivity index (χ3v) is 6.04. The SMILES string of the molecule is COc1cccc(COC2CN(C(=O)CCn3nccc3C)CC(=O)N(Cc3ccccn3)C2)c1. The molecule has 0 bridgehead atoms. The third-order valence-electron chi connectivity index (χ3n) is 6.04. The molecule has 9 nitrogen and oxygen atoms in total. The van der Waals surface area contributed by atoms with Gasteiger partial charge in [0.25, 0.3) is 0 Å². The van der Waals surface area contributed by atoms with Gasteiger partial charge in [0.15, 0.2) is 0 Å². The zero-order chi connectivity index (χ0) is 24.6. The van der Waals surface area contributed by atoms with Crippen molar-refractivity contribution in [3.8, 4) is 5.75 Å². The second-order valence-corrected chi connectivity index (χ2v) is 8.60. The number of methoxy groups -OCH3 is 1. The molecule has 4 rings (SSSR count). The number of carbonyl (C=O) groups excluding carboxylic acids is 2. The number of amides is 2. The molecular formula is C26H31N5O4. The summed E-state index contributed by atoms with van der Waals surface area (Å²) in [7, 11) is 1.63. The van der Waals surface area contributed by atoms with Crippen LogP contribution in [0.5, 0.6) is 5.75 Å². The Labute approximate surface area is 205 Å². The number of carbonyl (C=O) groups is 2. The summed E-state index contributed by atoms with van der Waals surface area (Å²) in [6.45, 7) is 3.87. The molecule has 0 N–H and O–H groups in total. The second kappa shape index (κ2) is 11.6. The Morgan fingerprint density at radius 2 is 2.00 bits per heavy atom. The number of aromatic nitrogens is 3. The van der Waals surface area contributed by atoms with Crippen molar-refractivity contribution in [2.45, 2.75) is 39.1 Å². The maximum Gasteiger partial charge on any atom is 0.242 e. The summed E-state index contributed by atoms with van der Waals surface area (Å²) in [5.41, 5.74) is 2.75. The van der Waals surface area contributed by atoms with Gasteiger partial charge in [-0.2, -0.15) is 5.10 Å². The highest BCUT2D eigenvalue weighted by molar-refractivity contribution is 5.85. The summed E-state index contributed by atoms with van der Waals surface area (Å²) < 4.78 is 13.3. The third kappa shape index (κ3) is 6.66. The Balaban J connectivity index is 1.46. The second-order valence-electron chi connectivity index (χ2n) is 8.60. The van der Waals surface area contributed by atoms with Crippen molar-refractivity contribution >= 4 is 11.8 Å². The number of aryl methyl sites for hydroxylation is 2. The Morgan fingerprint density at radius 3 is 2.74 bits per heavy atom. The van der Waals surface area contributed by atoms with Crippen LogP contribution in [0.3, 0.4) is 0 Å². The zero-order valence-electron chi connectivity index (χ0n) is 20.2. The van der Waals surface area contributed by atoms with E-state index >= 15 is 0 Å². The van der Waals surface area contributed by atoms with E-state index in [1.54, 1.807) is 34.0 Å². The van der Waals surface area contributed by atoms with Crippen molar-refractivity contribution in [1.29, 1.82) is 0 Å². The van der Waals surface area contributed by atoms with Crippen molar-refractivity contribution in [3.63, 3.8) is 0 Å². The van der Waals surface area contributed by atoms with Gasteiger partial charge in [0, 0.05) is 44.1 Å². The molecule has 0 spiro atoms. The summed E-state index contributed by atoms with van der Waals surface area (Å²) >= 11 is 0. The van der Waals surface area contributed by atoms with Crippen molar-refractivity contribution in [2.75, 3.05) is 26.7 Å². The lowest BCUT2D eigenvalue weighted by atomic mass is 10.2. The monoisotopic (exact) mass is 477 g/mol. The highest BCUT2D eigenvalue weighted by atomic mass is 16.5. The van der Waals surface area contributed by atoms with Gasteiger partial charge in [-0.15, -0.1) is 0 Å². The molecule has 1 aliphatic rings. The average Bonchev–Trinajstić information content (AvgIpc) is 3.22. The van der Waals surface area contributed by atoms with E-state index in [9.17, 15) is 9.59 Å². The highest BCUT2D eigenvalue weighted by Crippen LogP contribution is 2.17. The zero-order valence-corrected chi connectivity index (χ0v) is 20.2. The first-order valence-corrected chi connectivity index (χ1v) is 11.7. The molecular weight excluding hydrogens is 446 g/mol. The van der Waals surface area contributed by atoms with Crippen LogP contribution in [0.1, 0.15) is 23.4 Å². The van der Waals surface area contributed by atoms with Gasteiger partial charge >= 0.3 is 0 Å². The molecule has 1 unspecified atom stereocenters. The molecule has 9 heteroatoms. The smallest absolute Gasteiger partial charge is 0.242 e. The lowest BCUT2D eigenvalue weighted by molar-refractivity contribution is -0.139. The number of benzene rings is 1. The van der Waals surface area contributed by atoms with E-state index < -0.39 is 0 Å². The molecule has 35 heavy (non-hydrogen) atoms. The van der Waals surface area contributed by atoms with E-state index in [2.05, 4.69) is 10.1 Å². The van der Waals surface area contributed by atoms with Gasteiger partial charge in [0.2, 0.25) is 11.8 Å². The maximum absolute atomic E-state index is 13.1. The standard InChI is InChI=1S/C26H31N5O4/c1-20-9-12-28-31(20)13-10-25(32)30-17-24(35-19-21-6-5-8-23(14-21)34-2)16-29(26(33)18-30)15-22-7-3-4-11-27-22/h3-9,11-12,14,24H,10,13,15-19H2,1-2H3. The molecule has 0 saturated carbocycles. The predicted molar refractivity (Wildman–Crippen MR) is 129 cm³/mol. The van der Waals surface area contributed by atoms with Gasteiger partial charge < -0.3 is 19.3 Å². The molecule has 1 atom stereocenters. The Morgan fingerprint density at radius 1 is 1.11 bits per heavy atom. The van der Waals surface area contributed by atoms with Crippen LogP contribution in [0.25, 0.3) is 0 Å². The van der Waals surface area contributed by atoms with Gasteiger partial charge in [-0.25, -0.2) is 0 Å². The van der Waals surface area contributed by atoms with Crippen LogP contribution in [-0.4, -0.2) is 69.2 Å². The lowest BCUT2D eigenvalue weighted by Crippen LogP contribution is -2.40. The molecule has 0 aliphatic carbocycles. The first-order chi connectivity index (χ1) is 17.0. The van der Waals surface area contributed by atoms with Crippen LogP contribution in [0.15, 0.2) is 60.9 Å². The highest BCUT2D eigenvalue weighted by Gasteiger charge is 2.31. The molecule has 1 aliphatic heterocycles. The minimum Gasteiger partial charge on any atom is -0.497 e. The van der Waals surface area contributed by atoms with Crippen LogP contribution in [0, 0.1) is 6.92 Å². The fourth-order valence-corrected chi connectivity index (χ4v) is 4.08. The van der Waals surface area contributed by atoms with Gasteiger partial charge in [0.1, 0.15) is 5.75 Å². The van der Waals surface area contributed by atoms with Crippen molar-refractivity contribution in [1.82, 2.24) is 24.6 Å². The number of nitrogens with zero attached hydrogens (tertiary/aromatic N) is 5. The summed E-state index contributed by atoms with van der Waals surface area (Å²) in [4.78, 5) is 33.9. The molecule has 3 aromatic rings. The topological polar surface area (TPSA) is 89.8 Å². The summed E-state index contributed by atoms with van der Waals surface area (Å²) in [6.07, 6.45) is 3.35. The van der Waals surface area contributed by atoms with Gasteiger partial charge in [-0.3, -0.25) is 19.3 Å². The van der Waals surface area contributed by atoms with E-state index in [1.165, 1.54) is 0 Å². The molecule has 1 fully saturated rings. The van der Waals surface area contributed by atoms with Crippen LogP contribution >= 0.6 is 0 Å². The van der Waals surface area contributed by atoms with Gasteiger partial charge in [-0.1, -0.05) is 18.2 Å². The van der Waals surface area contributed by atoms with E-state index in [4.69, 9.17) is 9.47 Å². The van der Waals surface area contributed by atoms with E-state index in [0.717, 1.165) is 22.7 Å². The molecule has 3 heterocycles. The number of hydrogen-bond acceptors (Lipinski definition) is 6. The minimum atomic E-state index is -0.341. The average molecular weight is 478 g/mol. The van der Waals surface area contributed by atoms with Crippen molar-refractivity contribution in [2.24, 2.45) is 0 Å². The fourth-order valence-electron chi connectivity index (χ4n) is 4.08. The molecule has 1 saturated heterocycles. The van der Waals surface area contributed by atoms with Gasteiger partial charge in [-0.05, 0) is 42.8 Å². The number of pyridine rings is 1. The lowest BCUT2D eigenvalue weighted by Gasteiger charge is -2.25. The van der Waals surface area contributed by atoms with E-state index in [-0.39, 0.29) is 30.9 Å². The Hall–Kier alpha value is -3.72. The first kappa shape index (κ1) is 24.4. The van der Waals surface area contributed by atoms with E-state index in [1.807, 2.05) is 55.5 Å². The summed E-state index contributed by atoms with van der Waals surface area (Å²) in [5, 5.41) is 4.25. The van der Waals surface area contributed by atoms with Gasteiger partial charge in [0.05, 0.1) is 38.6 Å². The normalized spacial score (nSPS) is 16.3. The minimum absolute atomic E-state index is 0.0166. The molecule has 184 valence electrons. The van der Waals surface area contributed by atoms with Crippen molar-refractivity contribution in [3.05, 3.63) is 77.9 Å². The molecule has 2 amide bonds. The molecule has 1 aromatic carbocycles. The largest absolute Gasteiger partial charge is 0.497 e. The quantitative estimate of drug-likeness (QED) is 0.470. The fraction of sp³-hybridized carbons (Fsp3) is 0.385. The predicted octanol–water partition coefficient (Wildman–Crippen LogP) is 2.44. The molecule has 0 radical (unpaired) electrons. The Kier molecular flexibility index (Phi) is 8.10.